The van der Waals surface area contributed by atoms with Crippen LogP contribution in [0.25, 0.3) is 0 Å². The fraction of sp³-hybridized carbons (Fsp3) is 0.348. The van der Waals surface area contributed by atoms with E-state index in [2.05, 4.69) is 16.6 Å². The minimum absolute atomic E-state index is 0.106. The summed E-state index contributed by atoms with van der Waals surface area (Å²) in [6, 6.07) is 9.26. The molecule has 1 aliphatic rings. The topological polar surface area (TPSA) is 125 Å². The molecule has 10 nitrogen and oxygen atoms in total. The van der Waals surface area contributed by atoms with Crippen LogP contribution in [0.1, 0.15) is 11.1 Å². The lowest BCUT2D eigenvalue weighted by atomic mass is 10.1. The average molecular weight is 488 g/mol. The second-order valence-corrected chi connectivity index (χ2v) is 9.87. The molecule has 1 heterocycles. The molecule has 2 aromatic carbocycles. The summed E-state index contributed by atoms with van der Waals surface area (Å²) in [7, 11) is -4.01. The number of benzene rings is 2. The van der Waals surface area contributed by atoms with Gasteiger partial charge in [-0.05, 0) is 37.6 Å². The van der Waals surface area contributed by atoms with Gasteiger partial charge in [0.25, 0.3) is 15.7 Å². The van der Waals surface area contributed by atoms with E-state index in [0.717, 1.165) is 17.2 Å². The normalized spacial score (nSPS) is 14.5. The monoisotopic (exact) mass is 487 g/mol. The third-order valence-corrected chi connectivity index (χ3v) is 6.97. The van der Waals surface area contributed by atoms with Gasteiger partial charge >= 0.3 is 0 Å². The Morgan fingerprint density at radius 3 is 2.47 bits per heavy atom. The van der Waals surface area contributed by atoms with Gasteiger partial charge in [0.2, 0.25) is 5.91 Å². The van der Waals surface area contributed by atoms with Crippen LogP contribution in [0.5, 0.6) is 0 Å². The molecule has 1 aliphatic heterocycles. The number of carbonyl (C=O) groups excluding carboxylic acids is 1. The maximum Gasteiger partial charge on any atom is 0.293 e. The smallest absolute Gasteiger partial charge is 0.293 e. The second kappa shape index (κ2) is 10.7. The van der Waals surface area contributed by atoms with E-state index >= 15 is 0 Å². The maximum absolute atomic E-state index is 12.9. The van der Waals surface area contributed by atoms with E-state index in [1.165, 1.54) is 12.1 Å². The van der Waals surface area contributed by atoms with Gasteiger partial charge < -0.3 is 10.2 Å². The molecule has 0 aromatic heterocycles. The van der Waals surface area contributed by atoms with Crippen molar-refractivity contribution in [3.8, 4) is 0 Å². The number of piperazine rings is 1. The van der Waals surface area contributed by atoms with Gasteiger partial charge in [-0.1, -0.05) is 23.8 Å². The Kier molecular flexibility index (Phi) is 7.90. The Labute approximate surface area is 199 Å². The fourth-order valence-electron chi connectivity index (χ4n) is 3.81. The molecule has 2 N–H and O–H groups in total. The van der Waals surface area contributed by atoms with Crippen LogP contribution in [-0.4, -0.2) is 63.4 Å². The standard InChI is InChI=1S/C23H29N5O5S/c1-4-9-24-23(29)16-26-10-12-27(13-11-26)21-8-6-19(15-22(21)28(30)31)34(32,33)25-20-7-5-17(2)14-18(20)3/h4-8,14-15,25H,1,9-13,16H2,2-3H3,(H,24,29). The highest BCUT2D eigenvalue weighted by molar-refractivity contribution is 7.92. The number of sulfonamides is 1. The van der Waals surface area contributed by atoms with Gasteiger partial charge in [-0.15, -0.1) is 6.58 Å². The summed E-state index contributed by atoms with van der Waals surface area (Å²) in [6.07, 6.45) is 1.61. The number of hydrogen-bond donors (Lipinski definition) is 2. The Hall–Kier alpha value is -3.44. The van der Waals surface area contributed by atoms with Crippen LogP contribution in [0.4, 0.5) is 17.1 Å². The predicted octanol–water partition coefficient (Wildman–Crippen LogP) is 2.44. The zero-order valence-corrected chi connectivity index (χ0v) is 20.1. The lowest BCUT2D eigenvalue weighted by Crippen LogP contribution is -2.49. The maximum atomic E-state index is 12.9. The molecular weight excluding hydrogens is 458 g/mol. The van der Waals surface area contributed by atoms with E-state index < -0.39 is 14.9 Å². The molecule has 0 bridgehead atoms. The summed E-state index contributed by atoms with van der Waals surface area (Å²) < 4.78 is 28.4. The average Bonchev–Trinajstić information content (AvgIpc) is 2.79. The third kappa shape index (κ3) is 6.12. The predicted molar refractivity (Wildman–Crippen MR) is 132 cm³/mol. The molecule has 0 aliphatic carbocycles. The number of carbonyl (C=O) groups is 1. The first kappa shape index (κ1) is 25.2. The van der Waals surface area contributed by atoms with Crippen LogP contribution in [0.15, 0.2) is 53.9 Å². The molecule has 0 spiro atoms. The van der Waals surface area contributed by atoms with Gasteiger partial charge in [0.1, 0.15) is 5.69 Å². The van der Waals surface area contributed by atoms with Crippen molar-refractivity contribution >= 4 is 33.0 Å². The van der Waals surface area contributed by atoms with E-state index in [4.69, 9.17) is 0 Å². The summed E-state index contributed by atoms with van der Waals surface area (Å²) in [5.74, 6) is -0.106. The number of aryl methyl sites for hydroxylation is 2. The summed E-state index contributed by atoms with van der Waals surface area (Å²) in [5, 5.41) is 14.5. The number of nitro benzene ring substituents is 1. The lowest BCUT2D eigenvalue weighted by molar-refractivity contribution is -0.384. The zero-order chi connectivity index (χ0) is 24.9. The molecule has 34 heavy (non-hydrogen) atoms. The van der Waals surface area contributed by atoms with Crippen LogP contribution in [0, 0.1) is 24.0 Å². The SMILES string of the molecule is C=CCNC(=O)CN1CCN(c2ccc(S(=O)(=O)Nc3ccc(C)cc3C)cc2[N+](=O)[O-])CC1. The van der Waals surface area contributed by atoms with E-state index in [9.17, 15) is 23.3 Å². The highest BCUT2D eigenvalue weighted by atomic mass is 32.2. The molecule has 182 valence electrons. The summed E-state index contributed by atoms with van der Waals surface area (Å²) in [5.41, 5.74) is 2.25. The number of hydrogen-bond acceptors (Lipinski definition) is 7. The Morgan fingerprint density at radius 1 is 1.15 bits per heavy atom. The van der Waals surface area contributed by atoms with Gasteiger partial charge in [-0.25, -0.2) is 8.42 Å². The fourth-order valence-corrected chi connectivity index (χ4v) is 4.96. The molecule has 1 amide bonds. The number of nitrogens with one attached hydrogen (secondary N) is 2. The number of anilines is 2. The van der Waals surface area contributed by atoms with Crippen molar-refractivity contribution in [2.75, 3.05) is 48.9 Å². The van der Waals surface area contributed by atoms with Crippen molar-refractivity contribution in [3.05, 3.63) is 70.3 Å². The van der Waals surface area contributed by atoms with Crippen molar-refractivity contribution in [2.45, 2.75) is 18.7 Å². The van der Waals surface area contributed by atoms with Crippen LogP contribution in [0.3, 0.4) is 0 Å². The Bertz CT molecular complexity index is 1190. The molecule has 2 aromatic rings. The van der Waals surface area contributed by atoms with Gasteiger partial charge in [-0.2, -0.15) is 0 Å². The van der Waals surface area contributed by atoms with E-state index in [-0.39, 0.29) is 23.0 Å². The molecule has 11 heteroatoms. The van der Waals surface area contributed by atoms with Crippen molar-refractivity contribution in [1.29, 1.82) is 0 Å². The molecule has 1 fully saturated rings. The first-order valence-corrected chi connectivity index (χ1v) is 12.3. The summed E-state index contributed by atoms with van der Waals surface area (Å²) >= 11 is 0. The van der Waals surface area contributed by atoms with E-state index in [1.807, 2.05) is 22.8 Å². The highest BCUT2D eigenvalue weighted by Gasteiger charge is 2.27. The van der Waals surface area contributed by atoms with Gasteiger partial charge in [-0.3, -0.25) is 24.5 Å². The third-order valence-electron chi connectivity index (χ3n) is 5.60. The van der Waals surface area contributed by atoms with Crippen molar-refractivity contribution in [1.82, 2.24) is 10.2 Å². The first-order chi connectivity index (χ1) is 16.1. The minimum Gasteiger partial charge on any atom is -0.363 e. The quantitative estimate of drug-likeness (QED) is 0.316. The molecule has 0 radical (unpaired) electrons. The molecule has 3 rings (SSSR count). The van der Waals surface area contributed by atoms with E-state index in [0.29, 0.717) is 44.1 Å². The van der Waals surface area contributed by atoms with Crippen LogP contribution in [0.2, 0.25) is 0 Å². The molecule has 0 unspecified atom stereocenters. The number of amides is 1. The first-order valence-electron chi connectivity index (χ1n) is 10.8. The van der Waals surface area contributed by atoms with Crippen molar-refractivity contribution < 1.29 is 18.1 Å². The zero-order valence-electron chi connectivity index (χ0n) is 19.3. The molecule has 0 saturated carbocycles. The number of rotatable bonds is 9. The lowest BCUT2D eigenvalue weighted by Gasteiger charge is -2.35. The van der Waals surface area contributed by atoms with Gasteiger partial charge in [0, 0.05) is 38.8 Å². The number of nitro groups is 1. The van der Waals surface area contributed by atoms with Crippen LogP contribution in [-0.2, 0) is 14.8 Å². The highest BCUT2D eigenvalue weighted by Crippen LogP contribution is 2.32. The second-order valence-electron chi connectivity index (χ2n) is 8.19. The van der Waals surface area contributed by atoms with Crippen LogP contribution >= 0.6 is 0 Å². The van der Waals surface area contributed by atoms with Gasteiger partial charge in [0.05, 0.1) is 22.1 Å². The minimum atomic E-state index is -4.01. The van der Waals surface area contributed by atoms with Crippen LogP contribution < -0.4 is 14.9 Å². The Morgan fingerprint density at radius 2 is 1.85 bits per heavy atom. The van der Waals surface area contributed by atoms with E-state index in [1.54, 1.807) is 25.1 Å². The number of nitrogens with zero attached hydrogens (tertiary/aromatic N) is 3. The van der Waals surface area contributed by atoms with Gasteiger partial charge in [0.15, 0.2) is 0 Å². The van der Waals surface area contributed by atoms with Crippen molar-refractivity contribution in [3.63, 3.8) is 0 Å². The summed E-state index contributed by atoms with van der Waals surface area (Å²) in [6.45, 7) is 9.95. The summed E-state index contributed by atoms with van der Waals surface area (Å²) in [4.78, 5) is 26.7. The Balaban J connectivity index is 1.75. The molecule has 1 saturated heterocycles. The van der Waals surface area contributed by atoms with Crippen molar-refractivity contribution in [2.24, 2.45) is 0 Å². The molecule has 0 atom stereocenters. The molecular formula is C23H29N5O5S. The largest absolute Gasteiger partial charge is 0.363 e.